The third kappa shape index (κ3) is 6.30. The maximum atomic E-state index is 10.6. The van der Waals surface area contributed by atoms with Crippen molar-refractivity contribution >= 4 is 34.5 Å². The minimum Gasteiger partial charge on any atom is -0.384 e. The van der Waals surface area contributed by atoms with Crippen LogP contribution in [0.2, 0.25) is 0 Å². The number of benzene rings is 2. The molecule has 2 aromatic rings. The number of non-ortho nitro benzene ring substituents is 2. The molecule has 0 aliphatic carbocycles. The van der Waals surface area contributed by atoms with Crippen LogP contribution in [-0.2, 0) is 0 Å². The Morgan fingerprint density at radius 1 is 0.720 bits per heavy atom. The van der Waals surface area contributed by atoms with Crippen LogP contribution in [-0.4, -0.2) is 34.4 Å². The third-order valence-corrected chi connectivity index (χ3v) is 4.29. The van der Waals surface area contributed by atoms with Crippen LogP contribution in [0, 0.1) is 20.2 Å². The molecule has 8 nitrogen and oxygen atoms in total. The number of nitro groups is 2. The van der Waals surface area contributed by atoms with Crippen LogP contribution in [0.25, 0.3) is 0 Å². The Balaban J connectivity index is 1.57. The van der Waals surface area contributed by atoms with E-state index in [0.29, 0.717) is 0 Å². The molecule has 0 radical (unpaired) electrons. The standard InChI is InChI=1S/C16H18N4O4S/c21-19(22)15-5-1-13(2-6-15)17-9-11-25-12-10-18-14-3-7-16(8-4-14)20(23)24/h1-8,17-18H,9-12H2. The minimum absolute atomic E-state index is 0.0808. The van der Waals surface area contributed by atoms with Crippen molar-refractivity contribution in [1.29, 1.82) is 0 Å². The van der Waals surface area contributed by atoms with Crippen molar-refractivity contribution in [2.24, 2.45) is 0 Å². The molecule has 0 fully saturated rings. The number of hydrogen-bond acceptors (Lipinski definition) is 7. The van der Waals surface area contributed by atoms with Crippen LogP contribution in [0.1, 0.15) is 0 Å². The molecule has 2 aromatic carbocycles. The average Bonchev–Trinajstić information content (AvgIpc) is 2.61. The number of nitro benzene ring substituents is 2. The van der Waals surface area contributed by atoms with Crippen LogP contribution in [0.3, 0.4) is 0 Å². The summed E-state index contributed by atoms with van der Waals surface area (Å²) >= 11 is 1.77. The fourth-order valence-corrected chi connectivity index (χ4v) is 2.74. The van der Waals surface area contributed by atoms with Gasteiger partial charge in [0.2, 0.25) is 0 Å². The largest absolute Gasteiger partial charge is 0.384 e. The van der Waals surface area contributed by atoms with E-state index in [1.807, 2.05) is 0 Å². The quantitative estimate of drug-likeness (QED) is 0.376. The summed E-state index contributed by atoms with van der Waals surface area (Å²) in [6.45, 7) is 1.53. The maximum absolute atomic E-state index is 10.6. The Bertz CT molecular complexity index is 646. The van der Waals surface area contributed by atoms with E-state index in [1.165, 1.54) is 24.3 Å². The van der Waals surface area contributed by atoms with Gasteiger partial charge in [-0.3, -0.25) is 20.2 Å². The van der Waals surface area contributed by atoms with Gasteiger partial charge in [0.05, 0.1) is 9.85 Å². The molecule has 2 rings (SSSR count). The third-order valence-electron chi connectivity index (χ3n) is 3.31. The van der Waals surface area contributed by atoms with Crippen LogP contribution in [0.15, 0.2) is 48.5 Å². The molecule has 25 heavy (non-hydrogen) atoms. The van der Waals surface area contributed by atoms with Gasteiger partial charge >= 0.3 is 0 Å². The molecular formula is C16H18N4O4S. The molecule has 0 aromatic heterocycles. The number of rotatable bonds is 10. The first-order chi connectivity index (χ1) is 12.1. The first kappa shape index (κ1) is 18.5. The van der Waals surface area contributed by atoms with Crippen molar-refractivity contribution < 1.29 is 9.85 Å². The summed E-state index contributed by atoms with van der Waals surface area (Å²) in [5.41, 5.74) is 1.87. The molecular weight excluding hydrogens is 344 g/mol. The topological polar surface area (TPSA) is 110 Å². The van der Waals surface area contributed by atoms with Gasteiger partial charge in [-0.15, -0.1) is 0 Å². The Morgan fingerprint density at radius 3 is 1.40 bits per heavy atom. The molecule has 0 heterocycles. The lowest BCUT2D eigenvalue weighted by Gasteiger charge is -2.07. The average molecular weight is 362 g/mol. The van der Waals surface area contributed by atoms with Gasteiger partial charge in [0, 0.05) is 60.2 Å². The molecule has 0 aliphatic rings. The lowest BCUT2D eigenvalue weighted by atomic mass is 10.3. The summed E-state index contributed by atoms with van der Waals surface area (Å²) < 4.78 is 0. The number of nitrogens with one attached hydrogen (secondary N) is 2. The predicted octanol–water partition coefficient (Wildman–Crippen LogP) is 3.76. The highest BCUT2D eigenvalue weighted by Gasteiger charge is 2.04. The molecule has 0 atom stereocenters. The SMILES string of the molecule is O=[N+]([O-])c1ccc(NCCSCCNc2ccc([N+](=O)[O-])cc2)cc1. The molecule has 0 spiro atoms. The Kier molecular flexibility index (Phi) is 7.02. The highest BCUT2D eigenvalue weighted by molar-refractivity contribution is 7.99. The number of hydrogen-bond donors (Lipinski definition) is 2. The van der Waals surface area contributed by atoms with E-state index in [-0.39, 0.29) is 11.4 Å². The molecule has 132 valence electrons. The first-order valence-electron chi connectivity index (χ1n) is 7.60. The molecule has 2 N–H and O–H groups in total. The summed E-state index contributed by atoms with van der Waals surface area (Å²) in [6.07, 6.45) is 0. The highest BCUT2D eigenvalue weighted by atomic mass is 32.2. The second-order valence-electron chi connectivity index (χ2n) is 5.07. The van der Waals surface area contributed by atoms with Gasteiger partial charge in [-0.2, -0.15) is 11.8 Å². The van der Waals surface area contributed by atoms with Crippen LogP contribution in [0.5, 0.6) is 0 Å². The molecule has 9 heteroatoms. The zero-order valence-electron chi connectivity index (χ0n) is 13.4. The van der Waals surface area contributed by atoms with E-state index >= 15 is 0 Å². The van der Waals surface area contributed by atoms with Gasteiger partial charge in [-0.25, -0.2) is 0 Å². The maximum Gasteiger partial charge on any atom is 0.269 e. The van der Waals surface area contributed by atoms with Crippen LogP contribution in [0.4, 0.5) is 22.7 Å². The van der Waals surface area contributed by atoms with E-state index in [0.717, 1.165) is 36.0 Å². The number of nitrogens with zero attached hydrogens (tertiary/aromatic N) is 2. The predicted molar refractivity (Wildman–Crippen MR) is 100 cm³/mol. The molecule has 0 amide bonds. The van der Waals surface area contributed by atoms with Crippen molar-refractivity contribution in [2.75, 3.05) is 35.2 Å². The van der Waals surface area contributed by atoms with E-state index in [4.69, 9.17) is 0 Å². The summed E-state index contributed by atoms with van der Waals surface area (Å²) in [5.74, 6) is 1.80. The summed E-state index contributed by atoms with van der Waals surface area (Å²) in [5, 5.41) is 27.6. The first-order valence-corrected chi connectivity index (χ1v) is 8.76. The van der Waals surface area contributed by atoms with Crippen molar-refractivity contribution in [3.8, 4) is 0 Å². The van der Waals surface area contributed by atoms with Gasteiger partial charge < -0.3 is 10.6 Å². The summed E-state index contributed by atoms with van der Waals surface area (Å²) in [4.78, 5) is 20.3. The second kappa shape index (κ2) is 9.48. The molecule has 0 saturated carbocycles. The van der Waals surface area contributed by atoms with Gasteiger partial charge in [0.1, 0.15) is 0 Å². The monoisotopic (exact) mass is 362 g/mol. The van der Waals surface area contributed by atoms with Gasteiger partial charge in [0.25, 0.3) is 11.4 Å². The van der Waals surface area contributed by atoms with Crippen molar-refractivity contribution in [1.82, 2.24) is 0 Å². The lowest BCUT2D eigenvalue weighted by molar-refractivity contribution is -0.385. The molecule has 0 saturated heterocycles. The van der Waals surface area contributed by atoms with Gasteiger partial charge in [0.15, 0.2) is 0 Å². The summed E-state index contributed by atoms with van der Waals surface area (Å²) in [6, 6.07) is 12.7. The second-order valence-corrected chi connectivity index (χ2v) is 6.30. The van der Waals surface area contributed by atoms with E-state index in [9.17, 15) is 20.2 Å². The van der Waals surface area contributed by atoms with Crippen molar-refractivity contribution in [3.05, 3.63) is 68.8 Å². The fraction of sp³-hybridized carbons (Fsp3) is 0.250. The van der Waals surface area contributed by atoms with E-state index < -0.39 is 9.85 Å². The van der Waals surface area contributed by atoms with Crippen LogP contribution < -0.4 is 10.6 Å². The zero-order chi connectivity index (χ0) is 18.1. The Hall–Kier alpha value is -2.81. The molecule has 0 unspecified atom stereocenters. The number of anilines is 2. The lowest BCUT2D eigenvalue weighted by Crippen LogP contribution is -2.08. The minimum atomic E-state index is -0.419. The Morgan fingerprint density at radius 2 is 1.08 bits per heavy atom. The van der Waals surface area contributed by atoms with Crippen molar-refractivity contribution in [2.45, 2.75) is 0 Å². The van der Waals surface area contributed by atoms with Gasteiger partial charge in [-0.05, 0) is 24.3 Å². The Labute approximate surface area is 148 Å². The molecule has 0 aliphatic heterocycles. The summed E-state index contributed by atoms with van der Waals surface area (Å²) in [7, 11) is 0. The fourth-order valence-electron chi connectivity index (χ4n) is 2.04. The molecule has 0 bridgehead atoms. The highest BCUT2D eigenvalue weighted by Crippen LogP contribution is 2.16. The van der Waals surface area contributed by atoms with Crippen molar-refractivity contribution in [3.63, 3.8) is 0 Å². The van der Waals surface area contributed by atoms with E-state index in [2.05, 4.69) is 10.6 Å². The van der Waals surface area contributed by atoms with Crippen LogP contribution >= 0.6 is 11.8 Å². The smallest absolute Gasteiger partial charge is 0.269 e. The van der Waals surface area contributed by atoms with Gasteiger partial charge in [-0.1, -0.05) is 0 Å². The zero-order valence-corrected chi connectivity index (χ0v) is 14.2. The van der Waals surface area contributed by atoms with E-state index in [1.54, 1.807) is 36.0 Å². The number of thioether (sulfide) groups is 1. The normalized spacial score (nSPS) is 10.2.